The summed E-state index contributed by atoms with van der Waals surface area (Å²) in [5.74, 6) is 0. The third kappa shape index (κ3) is 1.21. The quantitative estimate of drug-likeness (QED) is 0.746. The summed E-state index contributed by atoms with van der Waals surface area (Å²) < 4.78 is 0. The number of nitrogens with zero attached hydrogens (tertiary/aromatic N) is 1. The van der Waals surface area contributed by atoms with E-state index >= 15 is 0 Å². The average Bonchev–Trinajstić information content (AvgIpc) is 2.87. The molecule has 2 aliphatic heterocycles. The molecule has 1 fully saturated rings. The van der Waals surface area contributed by atoms with E-state index in [4.69, 9.17) is 0 Å². The molecule has 0 aliphatic carbocycles. The fourth-order valence-electron chi connectivity index (χ4n) is 3.12. The number of likely N-dealkylation sites (N-methyl/N-ethyl adjacent to an activating group) is 1. The van der Waals surface area contributed by atoms with Crippen LogP contribution in [0.2, 0.25) is 0 Å². The van der Waals surface area contributed by atoms with Crippen LogP contribution in [0.4, 0.5) is 5.69 Å². The van der Waals surface area contributed by atoms with Crippen LogP contribution in [-0.4, -0.2) is 26.2 Å². The lowest BCUT2D eigenvalue weighted by atomic mass is 9.82. The maximum Gasteiger partial charge on any atom is 0.0405 e. The number of hydrogen-bond donors (Lipinski definition) is 1. The minimum Gasteiger partial charge on any atom is -0.371 e. The van der Waals surface area contributed by atoms with Crippen molar-refractivity contribution in [3.8, 4) is 0 Å². The van der Waals surface area contributed by atoms with Gasteiger partial charge < -0.3 is 10.2 Å². The van der Waals surface area contributed by atoms with Crippen LogP contribution in [0.5, 0.6) is 0 Å². The van der Waals surface area contributed by atoms with Crippen LogP contribution in [0.25, 0.3) is 0 Å². The SMILES string of the molecule is CCN1CC2(CCNC2)c2ccccc21. The van der Waals surface area contributed by atoms with Gasteiger partial charge in [0.15, 0.2) is 0 Å². The zero-order chi connectivity index (χ0) is 10.3. The molecule has 0 aromatic heterocycles. The van der Waals surface area contributed by atoms with Gasteiger partial charge >= 0.3 is 0 Å². The summed E-state index contributed by atoms with van der Waals surface area (Å²) in [5.41, 5.74) is 3.44. The molecule has 1 aromatic carbocycles. The first kappa shape index (κ1) is 9.22. The molecule has 1 N–H and O–H groups in total. The summed E-state index contributed by atoms with van der Waals surface area (Å²) in [6.07, 6.45) is 1.29. The minimum absolute atomic E-state index is 0.409. The van der Waals surface area contributed by atoms with Crippen LogP contribution in [0, 0.1) is 0 Å². The predicted molar refractivity (Wildman–Crippen MR) is 63.5 cm³/mol. The van der Waals surface area contributed by atoms with E-state index in [1.807, 2.05) is 0 Å². The van der Waals surface area contributed by atoms with E-state index in [2.05, 4.69) is 41.4 Å². The van der Waals surface area contributed by atoms with Crippen molar-refractivity contribution in [1.82, 2.24) is 5.32 Å². The van der Waals surface area contributed by atoms with Gasteiger partial charge in [0.1, 0.15) is 0 Å². The monoisotopic (exact) mass is 202 g/mol. The van der Waals surface area contributed by atoms with E-state index in [0.29, 0.717) is 5.41 Å². The van der Waals surface area contributed by atoms with Crippen molar-refractivity contribution in [1.29, 1.82) is 0 Å². The average molecular weight is 202 g/mol. The zero-order valence-electron chi connectivity index (χ0n) is 9.29. The fourth-order valence-corrected chi connectivity index (χ4v) is 3.12. The first-order valence-electron chi connectivity index (χ1n) is 5.91. The molecule has 1 spiro atoms. The van der Waals surface area contributed by atoms with Gasteiger partial charge in [-0.25, -0.2) is 0 Å². The van der Waals surface area contributed by atoms with Crippen LogP contribution >= 0.6 is 0 Å². The van der Waals surface area contributed by atoms with Gasteiger partial charge in [-0.15, -0.1) is 0 Å². The highest BCUT2D eigenvalue weighted by Crippen LogP contribution is 2.43. The highest BCUT2D eigenvalue weighted by Gasteiger charge is 2.43. The van der Waals surface area contributed by atoms with E-state index in [-0.39, 0.29) is 0 Å². The molecular weight excluding hydrogens is 184 g/mol. The summed E-state index contributed by atoms with van der Waals surface area (Å²) in [5, 5.41) is 3.51. The van der Waals surface area contributed by atoms with E-state index in [1.54, 1.807) is 5.56 Å². The number of benzene rings is 1. The second-order valence-corrected chi connectivity index (χ2v) is 4.74. The van der Waals surface area contributed by atoms with Crippen LogP contribution in [0.1, 0.15) is 18.9 Å². The van der Waals surface area contributed by atoms with Gasteiger partial charge in [0.25, 0.3) is 0 Å². The third-order valence-corrected chi connectivity index (χ3v) is 3.94. The van der Waals surface area contributed by atoms with E-state index in [1.165, 1.54) is 25.2 Å². The Bertz CT molecular complexity index is 367. The van der Waals surface area contributed by atoms with Gasteiger partial charge in [-0.2, -0.15) is 0 Å². The summed E-state index contributed by atoms with van der Waals surface area (Å²) in [6, 6.07) is 8.92. The normalized spacial score (nSPS) is 28.7. The van der Waals surface area contributed by atoms with Crippen molar-refractivity contribution >= 4 is 5.69 Å². The molecule has 2 nitrogen and oxygen atoms in total. The number of para-hydroxylation sites is 1. The van der Waals surface area contributed by atoms with Crippen molar-refractivity contribution in [2.45, 2.75) is 18.8 Å². The number of nitrogens with one attached hydrogen (secondary N) is 1. The molecule has 2 aliphatic rings. The first-order chi connectivity index (χ1) is 7.36. The maximum atomic E-state index is 3.51. The van der Waals surface area contributed by atoms with Gasteiger partial charge in [-0.3, -0.25) is 0 Å². The minimum atomic E-state index is 0.409. The number of fused-ring (bicyclic) bond motifs is 2. The number of hydrogen-bond acceptors (Lipinski definition) is 2. The molecule has 0 saturated carbocycles. The van der Waals surface area contributed by atoms with Gasteiger partial charge in [-0.05, 0) is 31.5 Å². The van der Waals surface area contributed by atoms with Crippen LogP contribution in [0.3, 0.4) is 0 Å². The zero-order valence-corrected chi connectivity index (χ0v) is 9.29. The highest BCUT2D eigenvalue weighted by molar-refractivity contribution is 5.63. The van der Waals surface area contributed by atoms with Crippen molar-refractivity contribution in [3.05, 3.63) is 29.8 Å². The molecule has 0 bridgehead atoms. The summed E-state index contributed by atoms with van der Waals surface area (Å²) in [7, 11) is 0. The van der Waals surface area contributed by atoms with E-state index in [0.717, 1.165) is 13.1 Å². The lowest BCUT2D eigenvalue weighted by molar-refractivity contribution is 0.498. The molecule has 1 unspecified atom stereocenters. The molecule has 15 heavy (non-hydrogen) atoms. The van der Waals surface area contributed by atoms with Gasteiger partial charge in [-0.1, -0.05) is 18.2 Å². The lowest BCUT2D eigenvalue weighted by Gasteiger charge is -2.24. The Hall–Kier alpha value is -1.02. The van der Waals surface area contributed by atoms with E-state index < -0.39 is 0 Å². The maximum absolute atomic E-state index is 3.51. The van der Waals surface area contributed by atoms with Crippen LogP contribution in [-0.2, 0) is 5.41 Å². The molecule has 1 atom stereocenters. The second kappa shape index (κ2) is 3.24. The fraction of sp³-hybridized carbons (Fsp3) is 0.538. The van der Waals surface area contributed by atoms with Crippen molar-refractivity contribution in [3.63, 3.8) is 0 Å². The number of rotatable bonds is 1. The third-order valence-electron chi connectivity index (χ3n) is 3.94. The summed E-state index contributed by atoms with van der Waals surface area (Å²) in [4.78, 5) is 2.52. The van der Waals surface area contributed by atoms with Crippen molar-refractivity contribution in [2.24, 2.45) is 0 Å². The molecule has 1 saturated heterocycles. The van der Waals surface area contributed by atoms with Crippen molar-refractivity contribution in [2.75, 3.05) is 31.1 Å². The predicted octanol–water partition coefficient (Wildman–Crippen LogP) is 1.76. The Labute approximate surface area is 91.3 Å². The Kier molecular flexibility index (Phi) is 1.99. The molecule has 80 valence electrons. The Morgan fingerprint density at radius 1 is 1.40 bits per heavy atom. The standard InChI is InChI=1S/C13H18N2/c1-2-15-10-13(7-8-14-9-13)11-5-3-4-6-12(11)15/h3-6,14H,2,7-10H2,1H3. The van der Waals surface area contributed by atoms with Gasteiger partial charge in [0, 0.05) is 30.7 Å². The highest BCUT2D eigenvalue weighted by atomic mass is 15.2. The van der Waals surface area contributed by atoms with Crippen LogP contribution in [0.15, 0.2) is 24.3 Å². The van der Waals surface area contributed by atoms with Gasteiger partial charge in [0.05, 0.1) is 0 Å². The smallest absolute Gasteiger partial charge is 0.0405 e. The summed E-state index contributed by atoms with van der Waals surface area (Å²) >= 11 is 0. The molecular formula is C13H18N2. The van der Waals surface area contributed by atoms with E-state index in [9.17, 15) is 0 Å². The van der Waals surface area contributed by atoms with Crippen molar-refractivity contribution < 1.29 is 0 Å². The van der Waals surface area contributed by atoms with Crippen LogP contribution < -0.4 is 10.2 Å². The topological polar surface area (TPSA) is 15.3 Å². The molecule has 0 amide bonds. The number of anilines is 1. The first-order valence-corrected chi connectivity index (χ1v) is 5.91. The Morgan fingerprint density at radius 3 is 3.00 bits per heavy atom. The Balaban J connectivity index is 2.09. The molecule has 0 radical (unpaired) electrons. The lowest BCUT2D eigenvalue weighted by Crippen LogP contribution is -2.35. The largest absolute Gasteiger partial charge is 0.371 e. The molecule has 1 aromatic rings. The molecule has 2 heterocycles. The second-order valence-electron chi connectivity index (χ2n) is 4.74. The van der Waals surface area contributed by atoms with Gasteiger partial charge in [0.2, 0.25) is 0 Å². The molecule has 2 heteroatoms. The summed E-state index contributed by atoms with van der Waals surface area (Å²) in [6.45, 7) is 6.90. The Morgan fingerprint density at radius 2 is 2.27 bits per heavy atom. The molecule has 3 rings (SSSR count).